The lowest BCUT2D eigenvalue weighted by atomic mass is 10.2. The first-order valence-corrected chi connectivity index (χ1v) is 15.8. The van der Waals surface area contributed by atoms with Crippen LogP contribution >= 0.6 is 27.3 Å². The van der Waals surface area contributed by atoms with Crippen molar-refractivity contribution in [1.82, 2.24) is 9.29 Å². The summed E-state index contributed by atoms with van der Waals surface area (Å²) < 4.78 is 34.5. The zero-order valence-electron chi connectivity index (χ0n) is 22.2. The van der Waals surface area contributed by atoms with E-state index in [1.165, 1.54) is 59.4 Å². The highest BCUT2D eigenvalue weighted by Gasteiger charge is 2.24. The molecule has 9 nitrogen and oxygen atoms in total. The third-order valence-corrected chi connectivity index (χ3v) is 9.73. The van der Waals surface area contributed by atoms with Crippen LogP contribution in [0.25, 0.3) is 21.2 Å². The standard InChI is InChI=1S/C29H25BrN4O5S2/c1-3-4-15-33(2)41(37,38)22-12-9-19(10-13-22)28(36)34(29-32-24-14-11-21(30)16-26(24)40-29)31-17-20-18-39-25-8-6-5-7-23(25)27(20)35/h5-14,16-18H,3-4,15H2,1-2H3/b31-17+. The number of aromatic nitrogens is 1. The Morgan fingerprint density at radius 2 is 1.88 bits per heavy atom. The molecule has 0 atom stereocenters. The summed E-state index contributed by atoms with van der Waals surface area (Å²) in [7, 11) is -2.16. The van der Waals surface area contributed by atoms with Gasteiger partial charge in [-0.1, -0.05) is 52.7 Å². The quantitative estimate of drug-likeness (QED) is 0.137. The van der Waals surface area contributed by atoms with Crippen molar-refractivity contribution < 1.29 is 17.6 Å². The van der Waals surface area contributed by atoms with Gasteiger partial charge in [0.2, 0.25) is 20.6 Å². The predicted molar refractivity (Wildman–Crippen MR) is 165 cm³/mol. The molecule has 1 amide bonds. The van der Waals surface area contributed by atoms with Crippen LogP contribution in [0.15, 0.2) is 96.7 Å². The number of fused-ring (bicyclic) bond motifs is 2. The summed E-state index contributed by atoms with van der Waals surface area (Å²) in [6.07, 6.45) is 4.17. The molecule has 41 heavy (non-hydrogen) atoms. The fraction of sp³-hybridized carbons (Fsp3) is 0.172. The van der Waals surface area contributed by atoms with Crippen LogP contribution < -0.4 is 10.4 Å². The number of carbonyl (C=O) groups is 1. The van der Waals surface area contributed by atoms with Gasteiger partial charge in [0.05, 0.1) is 32.3 Å². The van der Waals surface area contributed by atoms with Crippen LogP contribution in [0.4, 0.5) is 5.13 Å². The van der Waals surface area contributed by atoms with Gasteiger partial charge < -0.3 is 4.42 Å². The Labute approximate surface area is 248 Å². The molecule has 0 fully saturated rings. The van der Waals surface area contributed by atoms with Gasteiger partial charge in [-0.05, 0) is 61.0 Å². The molecule has 0 N–H and O–H groups in total. The second-order valence-corrected chi connectivity index (χ2v) is 13.2. The summed E-state index contributed by atoms with van der Waals surface area (Å²) in [5.74, 6) is -0.548. The molecule has 2 aromatic heterocycles. The largest absolute Gasteiger partial charge is 0.463 e. The lowest BCUT2D eigenvalue weighted by Gasteiger charge is -2.17. The molecular weight excluding hydrogens is 628 g/mol. The SMILES string of the molecule is CCCCN(C)S(=O)(=O)c1ccc(C(=O)N(/N=C/c2coc3ccccc3c2=O)c2nc3ccc(Br)cc3s2)cc1. The van der Waals surface area contributed by atoms with Crippen molar-refractivity contribution in [2.45, 2.75) is 24.7 Å². The topological polar surface area (TPSA) is 113 Å². The van der Waals surface area contributed by atoms with Crippen LogP contribution in [0.3, 0.4) is 0 Å². The van der Waals surface area contributed by atoms with Gasteiger partial charge >= 0.3 is 0 Å². The number of thiazole rings is 1. The molecule has 2 heterocycles. The van der Waals surface area contributed by atoms with Crippen molar-refractivity contribution in [3.8, 4) is 0 Å². The molecule has 5 rings (SSSR count). The molecule has 0 saturated carbocycles. The van der Waals surface area contributed by atoms with E-state index in [1.54, 1.807) is 24.3 Å². The summed E-state index contributed by atoms with van der Waals surface area (Å²) in [5, 5.41) is 6.14. The molecule has 0 radical (unpaired) electrons. The fourth-order valence-corrected chi connectivity index (χ4v) is 6.72. The number of hydrogen-bond acceptors (Lipinski definition) is 8. The summed E-state index contributed by atoms with van der Waals surface area (Å²) in [5.41, 5.74) is 1.17. The van der Waals surface area contributed by atoms with Crippen LogP contribution in [-0.4, -0.2) is 43.4 Å². The van der Waals surface area contributed by atoms with Crippen molar-refractivity contribution in [3.05, 3.63) is 98.8 Å². The molecule has 0 saturated heterocycles. The van der Waals surface area contributed by atoms with Crippen LogP contribution in [0.2, 0.25) is 0 Å². The Balaban J connectivity index is 1.52. The molecule has 12 heteroatoms. The third-order valence-electron chi connectivity index (χ3n) is 6.37. The number of benzene rings is 3. The van der Waals surface area contributed by atoms with Crippen molar-refractivity contribution >= 4 is 75.7 Å². The van der Waals surface area contributed by atoms with Crippen molar-refractivity contribution in [2.24, 2.45) is 5.10 Å². The van der Waals surface area contributed by atoms with Crippen LogP contribution in [0.1, 0.15) is 35.7 Å². The van der Waals surface area contributed by atoms with Gasteiger partial charge in [-0.2, -0.15) is 10.1 Å². The molecule has 0 spiro atoms. The normalized spacial score (nSPS) is 12.1. The Morgan fingerprint density at radius 3 is 2.63 bits per heavy atom. The lowest BCUT2D eigenvalue weighted by molar-refractivity contribution is 0.0987. The third kappa shape index (κ3) is 6.01. The minimum atomic E-state index is -3.70. The van der Waals surface area contributed by atoms with Crippen LogP contribution in [0, 0.1) is 0 Å². The van der Waals surface area contributed by atoms with Crippen molar-refractivity contribution in [2.75, 3.05) is 18.6 Å². The van der Waals surface area contributed by atoms with Crippen molar-refractivity contribution in [1.29, 1.82) is 0 Å². The summed E-state index contributed by atoms with van der Waals surface area (Å²) in [6, 6.07) is 18.1. The van der Waals surface area contributed by atoms with Crippen LogP contribution in [-0.2, 0) is 10.0 Å². The van der Waals surface area contributed by atoms with E-state index in [0.29, 0.717) is 23.0 Å². The van der Waals surface area contributed by atoms with Gasteiger partial charge in [-0.25, -0.2) is 17.7 Å². The molecule has 5 aromatic rings. The smallest absolute Gasteiger partial charge is 0.280 e. The van der Waals surface area contributed by atoms with E-state index in [4.69, 9.17) is 4.42 Å². The van der Waals surface area contributed by atoms with Crippen LogP contribution in [0.5, 0.6) is 0 Å². The maximum Gasteiger partial charge on any atom is 0.280 e. The Morgan fingerprint density at radius 1 is 1.12 bits per heavy atom. The zero-order valence-corrected chi connectivity index (χ0v) is 25.4. The molecule has 3 aromatic carbocycles. The number of hydrogen-bond donors (Lipinski definition) is 0. The highest BCUT2D eigenvalue weighted by atomic mass is 79.9. The number of nitrogens with zero attached hydrogens (tertiary/aromatic N) is 4. The Kier molecular flexibility index (Phi) is 8.45. The predicted octanol–water partition coefficient (Wildman–Crippen LogP) is 6.27. The number of sulfonamides is 1. The number of halogens is 1. The van der Waals surface area contributed by atoms with E-state index >= 15 is 0 Å². The number of amides is 1. The average Bonchev–Trinajstić information content (AvgIpc) is 3.39. The van der Waals surface area contributed by atoms with E-state index in [9.17, 15) is 18.0 Å². The number of carbonyl (C=O) groups excluding carboxylic acids is 1. The molecule has 210 valence electrons. The minimum absolute atomic E-state index is 0.0845. The lowest BCUT2D eigenvalue weighted by Crippen LogP contribution is -2.28. The molecule has 0 aliphatic heterocycles. The second kappa shape index (κ2) is 12.0. The molecule has 0 aliphatic carbocycles. The van der Waals surface area contributed by atoms with Gasteiger partial charge in [0, 0.05) is 23.6 Å². The maximum absolute atomic E-state index is 13.8. The molecule has 0 bridgehead atoms. The van der Waals surface area contributed by atoms with E-state index < -0.39 is 15.9 Å². The average molecular weight is 654 g/mol. The fourth-order valence-electron chi connectivity index (χ4n) is 4.04. The minimum Gasteiger partial charge on any atom is -0.463 e. The highest BCUT2D eigenvalue weighted by Crippen LogP contribution is 2.32. The maximum atomic E-state index is 13.8. The highest BCUT2D eigenvalue weighted by molar-refractivity contribution is 9.10. The summed E-state index contributed by atoms with van der Waals surface area (Å²) in [6.45, 7) is 2.39. The number of unbranched alkanes of at least 4 members (excludes halogenated alkanes) is 1. The van der Waals surface area contributed by atoms with E-state index in [1.807, 2.05) is 25.1 Å². The molecular formula is C29H25BrN4O5S2. The second-order valence-electron chi connectivity index (χ2n) is 9.19. The van der Waals surface area contributed by atoms with Gasteiger partial charge in [0.1, 0.15) is 11.8 Å². The number of anilines is 1. The first-order valence-electron chi connectivity index (χ1n) is 12.7. The number of para-hydroxylation sites is 1. The van der Waals surface area contributed by atoms with E-state index in [0.717, 1.165) is 27.0 Å². The van der Waals surface area contributed by atoms with Gasteiger partial charge in [-0.15, -0.1) is 0 Å². The molecule has 0 aliphatic rings. The Bertz CT molecular complexity index is 1930. The van der Waals surface area contributed by atoms with E-state index in [-0.39, 0.29) is 26.6 Å². The Hall–Kier alpha value is -3.71. The summed E-state index contributed by atoms with van der Waals surface area (Å²) in [4.78, 5) is 31.4. The number of hydrazone groups is 1. The number of rotatable bonds is 9. The summed E-state index contributed by atoms with van der Waals surface area (Å²) >= 11 is 4.70. The van der Waals surface area contributed by atoms with Crippen molar-refractivity contribution in [3.63, 3.8) is 0 Å². The van der Waals surface area contributed by atoms with Gasteiger partial charge in [0.15, 0.2) is 0 Å². The zero-order chi connectivity index (χ0) is 29.1. The van der Waals surface area contributed by atoms with Gasteiger partial charge in [0.25, 0.3) is 5.91 Å². The molecule has 0 unspecified atom stereocenters. The van der Waals surface area contributed by atoms with E-state index in [2.05, 4.69) is 26.0 Å². The van der Waals surface area contributed by atoms with Gasteiger partial charge in [-0.3, -0.25) is 9.59 Å². The monoisotopic (exact) mass is 652 g/mol. The first kappa shape index (κ1) is 28.8. The first-order chi connectivity index (χ1) is 19.7.